The third kappa shape index (κ3) is 6.64. The van der Waals surface area contributed by atoms with Gasteiger partial charge in [-0.25, -0.2) is 13.7 Å². The fourth-order valence-corrected chi connectivity index (χ4v) is 5.21. The average Bonchev–Trinajstić information content (AvgIpc) is 2.51. The van der Waals surface area contributed by atoms with Gasteiger partial charge in [-0.15, -0.1) is 0 Å². The normalized spacial score (nSPS) is 35.4. The molecular weight excluding hydrogens is 382 g/mol. The SMILES string of the molecule is B[C@@H]1N[C@H](C(C)OP(=O)(O)OP(=O)(O)OP(=O)(O)O)[C@@H](O)[C@H]1O. The fraction of sp³-hybridized carbons (Fsp3) is 1.00. The molecule has 1 fully saturated rings. The van der Waals surface area contributed by atoms with Gasteiger partial charge in [-0.05, 0) is 6.92 Å². The van der Waals surface area contributed by atoms with Crippen LogP contribution < -0.4 is 5.32 Å². The first-order chi connectivity index (χ1) is 10.1. The van der Waals surface area contributed by atoms with Gasteiger partial charge in [-0.1, -0.05) is 0 Å². The van der Waals surface area contributed by atoms with E-state index < -0.39 is 53.8 Å². The molecule has 17 heteroatoms. The lowest BCUT2D eigenvalue weighted by molar-refractivity contribution is 0.00896. The van der Waals surface area contributed by atoms with Crippen LogP contribution >= 0.6 is 23.5 Å². The molecule has 136 valence electrons. The first-order valence-corrected chi connectivity index (χ1v) is 10.6. The molecule has 7 N–H and O–H groups in total. The molecule has 1 saturated heterocycles. The van der Waals surface area contributed by atoms with Gasteiger partial charge in [-0.2, -0.15) is 8.62 Å². The summed E-state index contributed by atoms with van der Waals surface area (Å²) >= 11 is 0. The quantitative estimate of drug-likeness (QED) is 0.173. The van der Waals surface area contributed by atoms with Crippen LogP contribution in [0.25, 0.3) is 0 Å². The Bertz CT molecular complexity index is 567. The van der Waals surface area contributed by atoms with Gasteiger partial charge in [0.2, 0.25) is 0 Å². The van der Waals surface area contributed by atoms with Crippen LogP contribution in [-0.4, -0.2) is 67.9 Å². The van der Waals surface area contributed by atoms with E-state index in [1.165, 1.54) is 14.8 Å². The molecule has 0 amide bonds. The minimum Gasteiger partial charge on any atom is -0.390 e. The predicted octanol–water partition coefficient (Wildman–Crippen LogP) is -2.63. The number of rotatable bonds is 7. The van der Waals surface area contributed by atoms with Gasteiger partial charge < -0.3 is 35.1 Å². The van der Waals surface area contributed by atoms with Crippen molar-refractivity contribution < 1.29 is 56.6 Å². The van der Waals surface area contributed by atoms with Crippen LogP contribution in [0.5, 0.6) is 0 Å². The van der Waals surface area contributed by atoms with Crippen LogP contribution in [0.2, 0.25) is 0 Å². The largest absolute Gasteiger partial charge is 0.490 e. The summed E-state index contributed by atoms with van der Waals surface area (Å²) in [5.74, 6) is -0.554. The number of nitrogens with one attached hydrogen (secondary N) is 1. The molecule has 0 radical (unpaired) electrons. The zero-order valence-electron chi connectivity index (χ0n) is 11.9. The van der Waals surface area contributed by atoms with Gasteiger partial charge in [0.05, 0.1) is 24.4 Å². The minimum atomic E-state index is -5.60. The van der Waals surface area contributed by atoms with Gasteiger partial charge in [0.25, 0.3) is 0 Å². The zero-order valence-corrected chi connectivity index (χ0v) is 14.5. The number of phosphoric acid groups is 3. The molecule has 0 bridgehead atoms. The number of aliphatic hydroxyl groups is 2. The second kappa shape index (κ2) is 7.31. The minimum absolute atomic E-state index is 0.554. The summed E-state index contributed by atoms with van der Waals surface area (Å²) in [7, 11) is -14.8. The topological polar surface area (TPSA) is 212 Å². The highest BCUT2D eigenvalue weighted by atomic mass is 31.3. The highest BCUT2D eigenvalue weighted by molar-refractivity contribution is 7.66. The maximum Gasteiger partial charge on any atom is 0.490 e. The van der Waals surface area contributed by atoms with E-state index in [2.05, 4.69) is 18.5 Å². The van der Waals surface area contributed by atoms with Crippen molar-refractivity contribution in [2.45, 2.75) is 37.2 Å². The van der Waals surface area contributed by atoms with Crippen LogP contribution in [0.15, 0.2) is 0 Å². The first-order valence-electron chi connectivity index (χ1n) is 6.08. The molecule has 0 aliphatic carbocycles. The van der Waals surface area contributed by atoms with Crippen molar-refractivity contribution in [2.75, 3.05) is 0 Å². The third-order valence-corrected chi connectivity index (χ3v) is 6.83. The summed E-state index contributed by atoms with van der Waals surface area (Å²) in [6.45, 7) is 1.20. The lowest BCUT2D eigenvalue weighted by atomic mass is 9.91. The van der Waals surface area contributed by atoms with E-state index in [1.807, 2.05) is 0 Å². The molecule has 0 aromatic carbocycles. The third-order valence-electron chi connectivity index (χ3n) is 2.91. The maximum atomic E-state index is 11.6. The van der Waals surface area contributed by atoms with Crippen molar-refractivity contribution in [3.8, 4) is 0 Å². The van der Waals surface area contributed by atoms with Gasteiger partial charge in [0.15, 0.2) is 0 Å². The van der Waals surface area contributed by atoms with Crippen LogP contribution in [0.1, 0.15) is 6.92 Å². The highest BCUT2D eigenvalue weighted by Crippen LogP contribution is 2.66. The van der Waals surface area contributed by atoms with E-state index in [9.17, 15) is 28.8 Å². The van der Waals surface area contributed by atoms with Crippen molar-refractivity contribution in [2.24, 2.45) is 0 Å². The zero-order chi connectivity index (χ0) is 18.2. The second-order valence-electron chi connectivity index (χ2n) is 4.86. The standard InChI is InChI=1S/C6H17BNO12P3/c1-2(3-4(9)5(10)6(7)8-3)18-22(14,15)20-23(16,17)19-21(11,12)13/h2-6,8-10H,7H2,1H3,(H,14,15)(H,16,17)(H2,11,12,13)/t2?,3-,4-,5-,6-/m1/s1. The second-order valence-corrected chi connectivity index (χ2v) is 9.24. The summed E-state index contributed by atoms with van der Waals surface area (Å²) in [6.07, 6.45) is -3.81. The van der Waals surface area contributed by atoms with Crippen LogP contribution in [0.4, 0.5) is 0 Å². The van der Waals surface area contributed by atoms with Crippen LogP contribution in [0.3, 0.4) is 0 Å². The smallest absolute Gasteiger partial charge is 0.390 e. The van der Waals surface area contributed by atoms with Gasteiger partial charge in [-0.3, -0.25) is 4.52 Å². The number of aliphatic hydroxyl groups excluding tert-OH is 2. The average molecular weight is 399 g/mol. The Hall–Kier alpha value is 0.355. The molecule has 23 heavy (non-hydrogen) atoms. The van der Waals surface area contributed by atoms with E-state index in [-0.39, 0.29) is 0 Å². The molecular formula is C6H17BNO12P3. The maximum absolute atomic E-state index is 11.6. The molecule has 1 rings (SSSR count). The number of phosphoric ester groups is 1. The molecule has 1 aliphatic heterocycles. The predicted molar refractivity (Wildman–Crippen MR) is 75.7 cm³/mol. The Morgan fingerprint density at radius 1 is 1.00 bits per heavy atom. The molecule has 0 aromatic heterocycles. The summed E-state index contributed by atoms with van der Waals surface area (Å²) < 4.78 is 44.9. The van der Waals surface area contributed by atoms with Gasteiger partial charge in [0.1, 0.15) is 7.85 Å². The van der Waals surface area contributed by atoms with E-state index >= 15 is 0 Å². The highest BCUT2D eigenvalue weighted by Gasteiger charge is 2.46. The molecule has 7 atom stereocenters. The van der Waals surface area contributed by atoms with E-state index in [0.29, 0.717) is 0 Å². The van der Waals surface area contributed by atoms with Crippen molar-refractivity contribution in [3.05, 3.63) is 0 Å². The van der Waals surface area contributed by atoms with Gasteiger partial charge >= 0.3 is 23.5 Å². The number of hydrogen-bond donors (Lipinski definition) is 7. The molecule has 1 heterocycles. The monoisotopic (exact) mass is 399 g/mol. The molecule has 0 spiro atoms. The molecule has 3 unspecified atom stereocenters. The molecule has 1 aliphatic rings. The Morgan fingerprint density at radius 3 is 1.91 bits per heavy atom. The van der Waals surface area contributed by atoms with Crippen molar-refractivity contribution in [1.29, 1.82) is 0 Å². The lowest BCUT2D eigenvalue weighted by Crippen LogP contribution is -2.43. The first kappa shape index (κ1) is 21.4. The summed E-state index contributed by atoms with van der Waals surface area (Å²) in [4.78, 5) is 35.2. The van der Waals surface area contributed by atoms with E-state index in [0.717, 1.165) is 0 Å². The van der Waals surface area contributed by atoms with E-state index in [4.69, 9.17) is 14.7 Å². The summed E-state index contributed by atoms with van der Waals surface area (Å²) in [6, 6.07) is -1.01. The fourth-order valence-electron chi connectivity index (χ4n) is 2.00. The Morgan fingerprint density at radius 2 is 1.52 bits per heavy atom. The van der Waals surface area contributed by atoms with Crippen molar-refractivity contribution >= 4 is 31.3 Å². The Kier molecular flexibility index (Phi) is 6.80. The summed E-state index contributed by atoms with van der Waals surface area (Å²) in [5, 5.41) is 22.0. The van der Waals surface area contributed by atoms with Crippen molar-refractivity contribution in [3.63, 3.8) is 0 Å². The molecule has 0 aromatic rings. The van der Waals surface area contributed by atoms with Crippen LogP contribution in [0, 0.1) is 0 Å². The number of hydrogen-bond acceptors (Lipinski definition) is 9. The van der Waals surface area contributed by atoms with Gasteiger partial charge in [0, 0.05) is 5.94 Å². The molecule has 13 nitrogen and oxygen atoms in total. The lowest BCUT2D eigenvalue weighted by Gasteiger charge is -2.25. The van der Waals surface area contributed by atoms with Crippen molar-refractivity contribution in [1.82, 2.24) is 5.32 Å². The van der Waals surface area contributed by atoms with E-state index in [1.54, 1.807) is 0 Å². The molecule has 0 saturated carbocycles. The Balaban J connectivity index is 2.73. The van der Waals surface area contributed by atoms with Crippen LogP contribution in [-0.2, 0) is 26.8 Å². The Labute approximate surface area is 131 Å². The summed E-state index contributed by atoms with van der Waals surface area (Å²) in [5.41, 5.74) is 0.